The Hall–Kier alpha value is -2.58. The van der Waals surface area contributed by atoms with Gasteiger partial charge in [0.15, 0.2) is 0 Å². The van der Waals surface area contributed by atoms with Gasteiger partial charge < -0.3 is 9.47 Å². The second-order valence-corrected chi connectivity index (χ2v) is 4.48. The highest BCUT2D eigenvalue weighted by Gasteiger charge is 2.12. The molecule has 5 nitrogen and oxygen atoms in total. The quantitative estimate of drug-likeness (QED) is 0.493. The Balaban J connectivity index is 2.14. The highest BCUT2D eigenvalue weighted by molar-refractivity contribution is 6.29. The number of ether oxygens (including phenoxy) is 2. The van der Waals surface area contributed by atoms with Crippen LogP contribution in [0.5, 0.6) is 11.6 Å². The molecule has 106 valence electrons. The first-order valence-electron chi connectivity index (χ1n) is 6.02. The summed E-state index contributed by atoms with van der Waals surface area (Å²) in [6.45, 7) is 0. The summed E-state index contributed by atoms with van der Waals surface area (Å²) in [4.78, 5) is 15.9. The smallest absolute Gasteiger partial charge is 0.343 e. The lowest BCUT2D eigenvalue weighted by Crippen LogP contribution is -2.09. The largest absolute Gasteiger partial charge is 0.481 e. The van der Waals surface area contributed by atoms with Crippen LogP contribution in [0.4, 0.5) is 0 Å². The van der Waals surface area contributed by atoms with Gasteiger partial charge in [-0.15, -0.1) is 0 Å². The SMILES string of the molecule is COc1cc(C(=O)Oc2ccc(CC#N)cc2)cc(Cl)n1. The van der Waals surface area contributed by atoms with E-state index in [9.17, 15) is 4.79 Å². The molecule has 1 heterocycles. The molecule has 0 saturated carbocycles. The molecule has 0 radical (unpaired) electrons. The van der Waals surface area contributed by atoms with Gasteiger partial charge in [0, 0.05) is 6.07 Å². The molecule has 0 unspecified atom stereocenters. The number of pyridine rings is 1. The first-order valence-corrected chi connectivity index (χ1v) is 6.40. The van der Waals surface area contributed by atoms with E-state index < -0.39 is 5.97 Å². The van der Waals surface area contributed by atoms with Gasteiger partial charge in [0.25, 0.3) is 0 Å². The molecular weight excluding hydrogens is 292 g/mol. The van der Waals surface area contributed by atoms with E-state index in [1.54, 1.807) is 24.3 Å². The van der Waals surface area contributed by atoms with Gasteiger partial charge in [0.05, 0.1) is 25.2 Å². The Morgan fingerprint density at radius 2 is 2.05 bits per heavy atom. The average Bonchev–Trinajstić information content (AvgIpc) is 2.48. The van der Waals surface area contributed by atoms with Gasteiger partial charge in [0.2, 0.25) is 5.88 Å². The zero-order valence-corrected chi connectivity index (χ0v) is 11.9. The molecule has 0 N–H and O–H groups in total. The summed E-state index contributed by atoms with van der Waals surface area (Å²) >= 11 is 5.80. The van der Waals surface area contributed by atoms with Crippen molar-refractivity contribution in [2.45, 2.75) is 6.42 Å². The molecule has 2 aromatic rings. The van der Waals surface area contributed by atoms with E-state index in [1.165, 1.54) is 19.2 Å². The van der Waals surface area contributed by atoms with Crippen LogP contribution in [0, 0.1) is 11.3 Å². The molecule has 0 fully saturated rings. The zero-order chi connectivity index (χ0) is 15.2. The molecule has 0 aliphatic carbocycles. The van der Waals surface area contributed by atoms with Crippen LogP contribution in [0.2, 0.25) is 5.15 Å². The second kappa shape index (κ2) is 6.73. The van der Waals surface area contributed by atoms with Gasteiger partial charge in [-0.1, -0.05) is 23.7 Å². The maximum atomic E-state index is 12.0. The summed E-state index contributed by atoms with van der Waals surface area (Å²) in [5.41, 5.74) is 1.10. The van der Waals surface area contributed by atoms with Gasteiger partial charge in [-0.3, -0.25) is 0 Å². The lowest BCUT2D eigenvalue weighted by Gasteiger charge is -2.06. The number of hydrogen-bond acceptors (Lipinski definition) is 5. The van der Waals surface area contributed by atoms with E-state index in [1.807, 2.05) is 6.07 Å². The Morgan fingerprint density at radius 1 is 1.33 bits per heavy atom. The van der Waals surface area contributed by atoms with Gasteiger partial charge in [-0.05, 0) is 23.8 Å². The number of carbonyl (C=O) groups excluding carboxylic acids is 1. The Labute approximate surface area is 126 Å². The highest BCUT2D eigenvalue weighted by atomic mass is 35.5. The van der Waals surface area contributed by atoms with Crippen LogP contribution in [-0.2, 0) is 6.42 Å². The van der Waals surface area contributed by atoms with E-state index in [4.69, 9.17) is 26.3 Å². The average molecular weight is 303 g/mol. The number of methoxy groups -OCH3 is 1. The topological polar surface area (TPSA) is 72.2 Å². The molecule has 1 aromatic carbocycles. The van der Waals surface area contributed by atoms with Crippen LogP contribution in [0.15, 0.2) is 36.4 Å². The van der Waals surface area contributed by atoms with Gasteiger partial charge in [0.1, 0.15) is 10.9 Å². The van der Waals surface area contributed by atoms with E-state index in [-0.39, 0.29) is 16.6 Å². The van der Waals surface area contributed by atoms with Crippen LogP contribution in [0.25, 0.3) is 0 Å². The van der Waals surface area contributed by atoms with E-state index >= 15 is 0 Å². The normalized spacial score (nSPS) is 9.76. The number of aromatic nitrogens is 1. The second-order valence-electron chi connectivity index (χ2n) is 4.09. The van der Waals surface area contributed by atoms with Crippen molar-refractivity contribution in [2.24, 2.45) is 0 Å². The highest BCUT2D eigenvalue weighted by Crippen LogP contribution is 2.19. The van der Waals surface area contributed by atoms with Crippen LogP contribution in [0.1, 0.15) is 15.9 Å². The molecule has 0 amide bonds. The summed E-state index contributed by atoms with van der Waals surface area (Å²) in [6, 6.07) is 11.6. The van der Waals surface area contributed by atoms with Crippen molar-refractivity contribution in [2.75, 3.05) is 7.11 Å². The maximum Gasteiger partial charge on any atom is 0.343 e. The number of hydrogen-bond donors (Lipinski definition) is 0. The minimum absolute atomic E-state index is 0.144. The van der Waals surface area contributed by atoms with E-state index in [0.717, 1.165) is 5.56 Å². The maximum absolute atomic E-state index is 12.0. The standard InChI is InChI=1S/C15H11ClN2O3/c1-20-14-9-11(8-13(16)18-14)15(19)21-12-4-2-10(3-5-12)6-7-17/h2-5,8-9H,6H2,1H3. The number of esters is 1. The summed E-state index contributed by atoms with van der Waals surface area (Å²) < 4.78 is 10.2. The van der Waals surface area contributed by atoms with Gasteiger partial charge >= 0.3 is 5.97 Å². The number of rotatable bonds is 4. The molecule has 21 heavy (non-hydrogen) atoms. The lowest BCUT2D eigenvalue weighted by atomic mass is 10.2. The third kappa shape index (κ3) is 3.94. The number of nitrogens with zero attached hydrogens (tertiary/aromatic N) is 2. The van der Waals surface area contributed by atoms with E-state index in [2.05, 4.69) is 4.98 Å². The fraction of sp³-hybridized carbons (Fsp3) is 0.133. The molecule has 2 rings (SSSR count). The van der Waals surface area contributed by atoms with Crippen LogP contribution in [0.3, 0.4) is 0 Å². The fourth-order valence-corrected chi connectivity index (χ4v) is 1.83. The first kappa shape index (κ1) is 14.8. The Bertz CT molecular complexity index is 693. The molecule has 0 saturated heterocycles. The van der Waals surface area contributed by atoms with Crippen molar-refractivity contribution in [3.63, 3.8) is 0 Å². The predicted octanol–water partition coefficient (Wildman–Crippen LogP) is 3.03. The van der Waals surface area contributed by atoms with Crippen LogP contribution >= 0.6 is 11.6 Å². The van der Waals surface area contributed by atoms with Crippen molar-refractivity contribution in [1.29, 1.82) is 5.26 Å². The fourth-order valence-electron chi connectivity index (χ4n) is 1.63. The summed E-state index contributed by atoms with van der Waals surface area (Å²) in [5.74, 6) is 0.0537. The molecule has 6 heteroatoms. The third-order valence-electron chi connectivity index (χ3n) is 2.63. The Kier molecular flexibility index (Phi) is 4.75. The Morgan fingerprint density at radius 3 is 2.67 bits per heavy atom. The van der Waals surface area contributed by atoms with Crippen molar-refractivity contribution < 1.29 is 14.3 Å². The van der Waals surface area contributed by atoms with Crippen LogP contribution in [-0.4, -0.2) is 18.1 Å². The zero-order valence-electron chi connectivity index (χ0n) is 11.2. The molecule has 0 spiro atoms. The number of benzene rings is 1. The van der Waals surface area contributed by atoms with Crippen molar-refractivity contribution in [3.05, 3.63) is 52.7 Å². The summed E-state index contributed by atoms with van der Waals surface area (Å²) in [6.07, 6.45) is 0.311. The predicted molar refractivity (Wildman–Crippen MR) is 76.5 cm³/mol. The minimum Gasteiger partial charge on any atom is -0.481 e. The molecular formula is C15H11ClN2O3. The van der Waals surface area contributed by atoms with Gasteiger partial charge in [-0.25, -0.2) is 9.78 Å². The van der Waals surface area contributed by atoms with E-state index in [0.29, 0.717) is 12.2 Å². The summed E-state index contributed by atoms with van der Waals surface area (Å²) in [5, 5.41) is 8.74. The van der Waals surface area contributed by atoms with Crippen molar-refractivity contribution >= 4 is 17.6 Å². The summed E-state index contributed by atoms with van der Waals surface area (Å²) in [7, 11) is 1.43. The number of halogens is 1. The molecule has 0 aliphatic heterocycles. The van der Waals surface area contributed by atoms with Gasteiger partial charge in [-0.2, -0.15) is 5.26 Å². The monoisotopic (exact) mass is 302 g/mol. The molecule has 0 bridgehead atoms. The number of nitriles is 1. The molecule has 0 atom stereocenters. The van der Waals surface area contributed by atoms with Crippen LogP contribution < -0.4 is 9.47 Å². The molecule has 1 aromatic heterocycles. The third-order valence-corrected chi connectivity index (χ3v) is 2.83. The minimum atomic E-state index is -0.564. The lowest BCUT2D eigenvalue weighted by molar-refractivity contribution is 0.0734. The first-order chi connectivity index (χ1) is 10.1. The van der Waals surface area contributed by atoms with Crippen molar-refractivity contribution in [3.8, 4) is 17.7 Å². The number of carbonyl (C=O) groups is 1. The van der Waals surface area contributed by atoms with Crippen molar-refractivity contribution in [1.82, 2.24) is 4.98 Å². The molecule has 0 aliphatic rings.